The molecule has 28 heavy (non-hydrogen) atoms. The Morgan fingerprint density at radius 2 is 1.79 bits per heavy atom. The number of nitrogens with one attached hydrogen (secondary N) is 2. The highest BCUT2D eigenvalue weighted by molar-refractivity contribution is 7.80. The molecule has 2 aromatic rings. The van der Waals surface area contributed by atoms with E-state index < -0.39 is 0 Å². The number of rotatable bonds is 4. The van der Waals surface area contributed by atoms with Crippen LogP contribution in [0.4, 0.5) is 11.4 Å². The van der Waals surface area contributed by atoms with Gasteiger partial charge in [0.15, 0.2) is 5.11 Å². The first-order valence-corrected chi connectivity index (χ1v) is 10.2. The molecule has 3 rings (SSSR count). The average Bonchev–Trinajstić information content (AvgIpc) is 2.68. The van der Waals surface area contributed by atoms with Crippen LogP contribution >= 0.6 is 23.8 Å². The van der Waals surface area contributed by atoms with Crippen molar-refractivity contribution >= 4 is 46.2 Å². The van der Waals surface area contributed by atoms with Crippen molar-refractivity contribution in [2.45, 2.75) is 13.8 Å². The first kappa shape index (κ1) is 20.6. The minimum atomic E-state index is -0.242. The predicted molar refractivity (Wildman–Crippen MR) is 121 cm³/mol. The van der Waals surface area contributed by atoms with Gasteiger partial charge in [-0.1, -0.05) is 36.2 Å². The number of carbonyl (C=O) groups excluding carboxylic acids is 1. The summed E-state index contributed by atoms with van der Waals surface area (Å²) in [4.78, 5) is 17.0. The number of amides is 1. The average molecular weight is 417 g/mol. The molecule has 0 saturated carbocycles. The lowest BCUT2D eigenvalue weighted by atomic mass is 10.1. The Bertz CT molecular complexity index is 848. The number of hydrogen-bond donors (Lipinski definition) is 2. The molecule has 1 heterocycles. The molecule has 1 aliphatic heterocycles. The highest BCUT2D eigenvalue weighted by Crippen LogP contribution is 2.29. The van der Waals surface area contributed by atoms with Crippen LogP contribution in [0, 0.1) is 6.92 Å². The van der Waals surface area contributed by atoms with Gasteiger partial charge in [0.05, 0.1) is 10.7 Å². The van der Waals surface area contributed by atoms with Crippen molar-refractivity contribution in [3.05, 3.63) is 58.6 Å². The number of thiocarbonyl (C=S) groups is 1. The Morgan fingerprint density at radius 3 is 2.39 bits per heavy atom. The van der Waals surface area contributed by atoms with Crippen molar-refractivity contribution < 1.29 is 4.79 Å². The van der Waals surface area contributed by atoms with Crippen molar-refractivity contribution in [1.29, 1.82) is 0 Å². The molecule has 0 spiro atoms. The van der Waals surface area contributed by atoms with Crippen LogP contribution in [-0.2, 0) is 0 Å². The van der Waals surface area contributed by atoms with Gasteiger partial charge in [-0.25, -0.2) is 0 Å². The third-order valence-corrected chi connectivity index (χ3v) is 5.41. The molecule has 1 fully saturated rings. The van der Waals surface area contributed by atoms with Crippen molar-refractivity contribution in [3.63, 3.8) is 0 Å². The molecule has 2 aromatic carbocycles. The van der Waals surface area contributed by atoms with Gasteiger partial charge in [-0.15, -0.1) is 0 Å². The predicted octanol–water partition coefficient (Wildman–Crippen LogP) is 3.92. The van der Waals surface area contributed by atoms with Gasteiger partial charge in [0, 0.05) is 37.4 Å². The maximum absolute atomic E-state index is 12.3. The quantitative estimate of drug-likeness (QED) is 0.740. The number of anilines is 2. The van der Waals surface area contributed by atoms with Crippen LogP contribution in [0.25, 0.3) is 0 Å². The molecule has 7 heteroatoms. The molecule has 5 nitrogen and oxygen atoms in total. The lowest BCUT2D eigenvalue weighted by Gasteiger charge is -2.36. The van der Waals surface area contributed by atoms with E-state index in [1.165, 1.54) is 0 Å². The normalized spacial score (nSPS) is 14.6. The molecule has 0 aromatic heterocycles. The van der Waals surface area contributed by atoms with E-state index in [-0.39, 0.29) is 11.0 Å². The molecule has 1 aliphatic rings. The molecule has 0 radical (unpaired) electrons. The number of aryl methyl sites for hydroxylation is 1. The van der Waals surface area contributed by atoms with E-state index in [9.17, 15) is 4.79 Å². The topological polar surface area (TPSA) is 47.6 Å². The summed E-state index contributed by atoms with van der Waals surface area (Å²) in [7, 11) is 0. The Labute approximate surface area is 176 Å². The lowest BCUT2D eigenvalue weighted by molar-refractivity contribution is 0.0977. The standard InChI is InChI=1S/C21H25ClN4OS/c1-3-25-10-12-26(13-11-25)19-9-8-17(14-18(19)22)23-21(28)24-20(27)16-6-4-15(2)5-7-16/h4-9,14H,3,10-13H2,1-2H3,(H2,23,24,27,28). The maximum atomic E-state index is 12.3. The minimum Gasteiger partial charge on any atom is -0.368 e. The number of nitrogens with zero attached hydrogens (tertiary/aromatic N) is 2. The number of carbonyl (C=O) groups is 1. The highest BCUT2D eigenvalue weighted by atomic mass is 35.5. The van der Waals surface area contributed by atoms with Crippen LogP contribution in [0.15, 0.2) is 42.5 Å². The van der Waals surface area contributed by atoms with E-state index in [2.05, 4.69) is 27.4 Å². The first-order valence-electron chi connectivity index (χ1n) is 9.42. The minimum absolute atomic E-state index is 0.242. The third kappa shape index (κ3) is 5.22. The zero-order valence-electron chi connectivity index (χ0n) is 16.2. The van der Waals surface area contributed by atoms with E-state index in [0.717, 1.165) is 49.7 Å². The van der Waals surface area contributed by atoms with Crippen molar-refractivity contribution in [2.75, 3.05) is 42.9 Å². The maximum Gasteiger partial charge on any atom is 0.257 e. The smallest absolute Gasteiger partial charge is 0.257 e. The summed E-state index contributed by atoms with van der Waals surface area (Å²) in [5.41, 5.74) is 3.44. The van der Waals surface area contributed by atoms with E-state index in [1.54, 1.807) is 12.1 Å². The number of halogens is 1. The van der Waals surface area contributed by atoms with Gasteiger partial charge in [-0.2, -0.15) is 0 Å². The molecule has 0 aliphatic carbocycles. The van der Waals surface area contributed by atoms with Crippen LogP contribution in [0.5, 0.6) is 0 Å². The number of benzene rings is 2. The molecule has 1 saturated heterocycles. The van der Waals surface area contributed by atoms with Gasteiger partial charge in [0.25, 0.3) is 5.91 Å². The van der Waals surface area contributed by atoms with Crippen molar-refractivity contribution in [1.82, 2.24) is 10.2 Å². The summed E-state index contributed by atoms with van der Waals surface area (Å²) in [5.74, 6) is -0.242. The Morgan fingerprint density at radius 1 is 1.11 bits per heavy atom. The van der Waals surface area contributed by atoms with Gasteiger partial charge in [0.2, 0.25) is 0 Å². The van der Waals surface area contributed by atoms with Gasteiger partial charge in [0.1, 0.15) is 0 Å². The summed E-state index contributed by atoms with van der Waals surface area (Å²) >= 11 is 11.8. The van der Waals surface area contributed by atoms with Crippen LogP contribution in [0.1, 0.15) is 22.8 Å². The second-order valence-electron chi connectivity index (χ2n) is 6.86. The largest absolute Gasteiger partial charge is 0.368 e. The molecule has 0 bridgehead atoms. The molecule has 148 valence electrons. The second kappa shape index (κ2) is 9.37. The van der Waals surface area contributed by atoms with E-state index >= 15 is 0 Å². The van der Waals surface area contributed by atoms with Crippen molar-refractivity contribution in [2.24, 2.45) is 0 Å². The molecule has 0 unspecified atom stereocenters. The molecule has 2 N–H and O–H groups in total. The number of hydrogen-bond acceptors (Lipinski definition) is 4. The lowest BCUT2D eigenvalue weighted by Crippen LogP contribution is -2.46. The first-order chi connectivity index (χ1) is 13.5. The fourth-order valence-electron chi connectivity index (χ4n) is 3.19. The highest BCUT2D eigenvalue weighted by Gasteiger charge is 2.18. The van der Waals surface area contributed by atoms with Gasteiger partial charge in [-0.3, -0.25) is 10.1 Å². The van der Waals surface area contributed by atoms with Crippen molar-refractivity contribution in [3.8, 4) is 0 Å². The SMILES string of the molecule is CCN1CCN(c2ccc(NC(=S)NC(=O)c3ccc(C)cc3)cc2Cl)CC1. The van der Waals surface area contributed by atoms with Gasteiger partial charge >= 0.3 is 0 Å². The summed E-state index contributed by atoms with van der Waals surface area (Å²) < 4.78 is 0. The Balaban J connectivity index is 1.58. The summed E-state index contributed by atoms with van der Waals surface area (Å²) in [5, 5.41) is 6.64. The zero-order valence-corrected chi connectivity index (χ0v) is 17.7. The monoisotopic (exact) mass is 416 g/mol. The fraction of sp³-hybridized carbons (Fsp3) is 0.333. The third-order valence-electron chi connectivity index (χ3n) is 4.91. The molecular formula is C21H25ClN4OS. The summed E-state index contributed by atoms with van der Waals surface area (Å²) in [6.45, 7) is 9.26. The number of piperazine rings is 1. The Kier molecular flexibility index (Phi) is 6.88. The molecule has 1 amide bonds. The van der Waals surface area contributed by atoms with E-state index in [0.29, 0.717) is 10.6 Å². The number of likely N-dealkylation sites (N-methyl/N-ethyl adjacent to an activating group) is 1. The molecular weight excluding hydrogens is 392 g/mol. The Hall–Kier alpha value is -2.15. The van der Waals surface area contributed by atoms with Crippen LogP contribution in [0.2, 0.25) is 5.02 Å². The fourth-order valence-corrected chi connectivity index (χ4v) is 3.70. The van der Waals surface area contributed by atoms with Crippen LogP contribution in [-0.4, -0.2) is 48.6 Å². The van der Waals surface area contributed by atoms with Crippen LogP contribution < -0.4 is 15.5 Å². The van der Waals surface area contributed by atoms with E-state index in [1.807, 2.05) is 37.3 Å². The zero-order chi connectivity index (χ0) is 20.1. The van der Waals surface area contributed by atoms with E-state index in [4.69, 9.17) is 23.8 Å². The summed E-state index contributed by atoms with van der Waals surface area (Å²) in [6, 6.07) is 13.1. The second-order valence-corrected chi connectivity index (χ2v) is 7.68. The van der Waals surface area contributed by atoms with Crippen LogP contribution in [0.3, 0.4) is 0 Å². The van der Waals surface area contributed by atoms with Gasteiger partial charge < -0.3 is 15.1 Å². The molecule has 0 atom stereocenters. The van der Waals surface area contributed by atoms with Gasteiger partial charge in [-0.05, 0) is 56.0 Å². The summed E-state index contributed by atoms with van der Waals surface area (Å²) in [6.07, 6.45) is 0.